The second-order valence-corrected chi connectivity index (χ2v) is 8.12. The summed E-state index contributed by atoms with van der Waals surface area (Å²) in [6.07, 6.45) is -4.92. The number of nitrogens with zero attached hydrogens (tertiary/aromatic N) is 1. The summed E-state index contributed by atoms with van der Waals surface area (Å²) in [4.78, 5) is 29.2. The first-order chi connectivity index (χ1) is 13.2. The maximum Gasteiger partial charge on any atom is 0.416 e. The third kappa shape index (κ3) is 6.38. The van der Waals surface area contributed by atoms with Gasteiger partial charge in [0, 0.05) is 18.7 Å². The molecule has 0 radical (unpaired) electrons. The number of amides is 1. The van der Waals surface area contributed by atoms with Gasteiger partial charge in [0.2, 0.25) is 0 Å². The lowest BCUT2D eigenvalue weighted by Crippen LogP contribution is -2.49. The van der Waals surface area contributed by atoms with E-state index in [0.29, 0.717) is 12.1 Å². The molecule has 1 N–H and O–H groups in total. The summed E-state index contributed by atoms with van der Waals surface area (Å²) >= 11 is 0. The lowest BCUT2D eigenvalue weighted by atomic mass is 9.94. The van der Waals surface area contributed by atoms with E-state index in [-0.39, 0.29) is 32.0 Å². The number of rotatable bonds is 4. The molecular formula is C19H23F5N2O3. The molecule has 0 unspecified atom stereocenters. The number of carbonyl (C=O) groups is 2. The van der Waals surface area contributed by atoms with Crippen molar-refractivity contribution < 1.29 is 36.4 Å². The number of halogens is 5. The Hall–Kier alpha value is -2.23. The molecule has 162 valence electrons. The first kappa shape index (κ1) is 23.1. The zero-order chi connectivity index (χ0) is 22.0. The zero-order valence-electron chi connectivity index (χ0n) is 16.3. The number of alkyl halides is 4. The minimum absolute atomic E-state index is 0.0539. The zero-order valence-corrected chi connectivity index (χ0v) is 16.3. The molecule has 1 amide bonds. The average Bonchev–Trinajstić information content (AvgIpc) is 2.60. The van der Waals surface area contributed by atoms with Crippen molar-refractivity contribution in [2.24, 2.45) is 5.41 Å². The Labute approximate surface area is 165 Å². The molecule has 1 aromatic carbocycles. The lowest BCUT2D eigenvalue weighted by molar-refractivity contribution is -0.210. The lowest BCUT2D eigenvalue weighted by Gasteiger charge is -2.36. The van der Waals surface area contributed by atoms with Gasteiger partial charge in [-0.3, -0.25) is 4.79 Å². The number of carbonyl (C=O) groups excluding carboxylic acids is 2. The Kier molecular flexibility index (Phi) is 6.56. The Morgan fingerprint density at radius 1 is 1.14 bits per heavy atom. The van der Waals surface area contributed by atoms with Crippen LogP contribution >= 0.6 is 0 Å². The van der Waals surface area contributed by atoms with Crippen molar-refractivity contribution in [3.8, 4) is 0 Å². The van der Waals surface area contributed by atoms with Crippen molar-refractivity contribution in [3.05, 3.63) is 35.1 Å². The van der Waals surface area contributed by atoms with Gasteiger partial charge in [-0.1, -0.05) is 0 Å². The largest absolute Gasteiger partial charge is 0.416 e. The van der Waals surface area contributed by atoms with Crippen molar-refractivity contribution in [1.82, 2.24) is 10.4 Å². The van der Waals surface area contributed by atoms with E-state index in [9.17, 15) is 31.5 Å². The number of piperidine rings is 1. The molecule has 0 bridgehead atoms. The van der Waals surface area contributed by atoms with Crippen LogP contribution < -0.4 is 5.32 Å². The molecule has 1 aliphatic rings. The molecule has 1 heterocycles. The van der Waals surface area contributed by atoms with Gasteiger partial charge in [0.05, 0.1) is 17.5 Å². The van der Waals surface area contributed by atoms with Gasteiger partial charge in [-0.05, 0) is 51.8 Å². The molecule has 10 heteroatoms. The number of benzene rings is 1. The molecule has 2 rings (SSSR count). The second-order valence-electron chi connectivity index (χ2n) is 8.12. The first-order valence-corrected chi connectivity index (χ1v) is 9.02. The molecule has 0 aliphatic carbocycles. The molecular weight excluding hydrogens is 399 g/mol. The number of hydrogen-bond donors (Lipinski definition) is 1. The molecule has 1 aliphatic heterocycles. The van der Waals surface area contributed by atoms with Crippen LogP contribution in [0.3, 0.4) is 0 Å². The van der Waals surface area contributed by atoms with E-state index in [4.69, 9.17) is 4.84 Å². The van der Waals surface area contributed by atoms with E-state index in [2.05, 4.69) is 5.32 Å². The summed E-state index contributed by atoms with van der Waals surface area (Å²) in [5, 5.41) is 3.56. The molecule has 0 saturated carbocycles. The minimum atomic E-state index is -4.81. The van der Waals surface area contributed by atoms with Gasteiger partial charge in [0.15, 0.2) is 0 Å². The van der Waals surface area contributed by atoms with Crippen LogP contribution in [0.4, 0.5) is 22.0 Å². The Morgan fingerprint density at radius 2 is 1.72 bits per heavy atom. The van der Waals surface area contributed by atoms with Crippen molar-refractivity contribution in [2.75, 3.05) is 19.6 Å². The fourth-order valence-electron chi connectivity index (χ4n) is 2.63. The van der Waals surface area contributed by atoms with Gasteiger partial charge in [-0.2, -0.15) is 13.2 Å². The fraction of sp³-hybridized carbons (Fsp3) is 0.579. The Bertz CT molecular complexity index is 766. The Morgan fingerprint density at radius 3 is 2.24 bits per heavy atom. The number of nitrogens with one attached hydrogen (secondary N) is 1. The van der Waals surface area contributed by atoms with E-state index < -0.39 is 52.6 Å². The summed E-state index contributed by atoms with van der Waals surface area (Å²) in [5.74, 6) is -2.67. The van der Waals surface area contributed by atoms with E-state index in [1.165, 1.54) is 5.06 Å². The van der Waals surface area contributed by atoms with Crippen LogP contribution in [0.2, 0.25) is 0 Å². The van der Waals surface area contributed by atoms with Gasteiger partial charge in [-0.25, -0.2) is 13.6 Å². The summed E-state index contributed by atoms with van der Waals surface area (Å²) < 4.78 is 66.6. The first-order valence-electron chi connectivity index (χ1n) is 9.02. The molecule has 1 fully saturated rings. The van der Waals surface area contributed by atoms with Gasteiger partial charge in [0.25, 0.3) is 5.91 Å². The number of hydroxylamine groups is 2. The van der Waals surface area contributed by atoms with Crippen LogP contribution in [-0.4, -0.2) is 42.2 Å². The fourth-order valence-corrected chi connectivity index (χ4v) is 2.63. The van der Waals surface area contributed by atoms with Crippen molar-refractivity contribution in [3.63, 3.8) is 0 Å². The van der Waals surface area contributed by atoms with E-state index in [0.717, 1.165) is 0 Å². The van der Waals surface area contributed by atoms with Crippen LogP contribution in [0.5, 0.6) is 0 Å². The van der Waals surface area contributed by atoms with Crippen molar-refractivity contribution in [2.45, 2.75) is 45.5 Å². The van der Waals surface area contributed by atoms with Crippen LogP contribution in [0, 0.1) is 11.2 Å². The van der Waals surface area contributed by atoms with Crippen LogP contribution in [-0.2, 0) is 15.8 Å². The highest BCUT2D eigenvalue weighted by Crippen LogP contribution is 2.31. The number of hydrogen-bond acceptors (Lipinski definition) is 4. The topological polar surface area (TPSA) is 58.6 Å². The van der Waals surface area contributed by atoms with Gasteiger partial charge in [-0.15, -0.1) is 5.06 Å². The molecule has 1 aromatic rings. The third-order valence-electron chi connectivity index (χ3n) is 4.50. The highest BCUT2D eigenvalue weighted by Gasteiger charge is 2.38. The van der Waals surface area contributed by atoms with Crippen LogP contribution in [0.15, 0.2) is 18.2 Å². The molecule has 5 nitrogen and oxygen atoms in total. The molecule has 0 aromatic heterocycles. The van der Waals surface area contributed by atoms with E-state index >= 15 is 0 Å². The third-order valence-corrected chi connectivity index (χ3v) is 4.50. The summed E-state index contributed by atoms with van der Waals surface area (Å²) in [7, 11) is 0. The van der Waals surface area contributed by atoms with Crippen molar-refractivity contribution >= 4 is 11.9 Å². The second kappa shape index (κ2) is 8.25. The summed E-state index contributed by atoms with van der Waals surface area (Å²) in [6.45, 7) is 4.81. The smallest absolute Gasteiger partial charge is 0.367 e. The normalized spacial score (nSPS) is 17.7. The predicted octanol–water partition coefficient (Wildman–Crippen LogP) is 3.88. The van der Waals surface area contributed by atoms with E-state index in [1.807, 2.05) is 0 Å². The molecule has 0 spiro atoms. The highest BCUT2D eigenvalue weighted by molar-refractivity contribution is 5.94. The quantitative estimate of drug-likeness (QED) is 0.749. The molecule has 1 saturated heterocycles. The highest BCUT2D eigenvalue weighted by atomic mass is 19.4. The predicted molar refractivity (Wildman–Crippen MR) is 93.9 cm³/mol. The van der Waals surface area contributed by atoms with Crippen LogP contribution in [0.25, 0.3) is 0 Å². The molecule has 0 atom stereocenters. The summed E-state index contributed by atoms with van der Waals surface area (Å²) in [6, 6.07) is 1.45. The SMILES string of the molecule is CC(C)(C)C(=O)ON1CCC(F)(CNC(=O)c2cc(F)cc(C(F)(F)F)c2)CC1. The van der Waals surface area contributed by atoms with E-state index in [1.54, 1.807) is 20.8 Å². The Balaban J connectivity index is 1.93. The van der Waals surface area contributed by atoms with Crippen molar-refractivity contribution in [1.29, 1.82) is 0 Å². The minimum Gasteiger partial charge on any atom is -0.367 e. The monoisotopic (exact) mass is 422 g/mol. The average molecular weight is 422 g/mol. The standard InChI is InChI=1S/C19H23F5N2O3/c1-17(2,3)16(28)29-26-6-4-18(21,5-7-26)11-25-15(27)12-8-13(19(22,23)24)10-14(20)9-12/h8-10H,4-7,11H2,1-3H3,(H,25,27). The van der Waals surface area contributed by atoms with Gasteiger partial charge >= 0.3 is 12.1 Å². The van der Waals surface area contributed by atoms with Gasteiger partial charge in [0.1, 0.15) is 11.5 Å². The van der Waals surface area contributed by atoms with Gasteiger partial charge < -0.3 is 10.2 Å². The summed E-state index contributed by atoms with van der Waals surface area (Å²) in [5.41, 5.74) is -4.37. The van der Waals surface area contributed by atoms with Crippen LogP contribution in [0.1, 0.15) is 49.5 Å². The maximum atomic E-state index is 14.9. The molecule has 29 heavy (non-hydrogen) atoms. The maximum absolute atomic E-state index is 14.9.